The fourth-order valence-electron chi connectivity index (χ4n) is 2.30. The standard InChI is InChI=1S/C13H20N2O3S.ClH/c1-10(14)11-7-8-15(9-11)19(16,17)13-5-3-12(18-2)4-6-13;/h3-6,10-11H,7-9,14H2,1-2H3;1H. The van der Waals surface area contributed by atoms with Crippen LogP contribution < -0.4 is 10.5 Å². The number of ether oxygens (including phenoxy) is 1. The first-order valence-corrected chi connectivity index (χ1v) is 7.79. The van der Waals surface area contributed by atoms with Crippen LogP contribution in [0, 0.1) is 5.92 Å². The molecule has 1 aliphatic rings. The van der Waals surface area contributed by atoms with Crippen molar-refractivity contribution in [3.8, 4) is 5.75 Å². The largest absolute Gasteiger partial charge is 0.497 e. The molecule has 5 nitrogen and oxygen atoms in total. The lowest BCUT2D eigenvalue weighted by atomic mass is 10.0. The van der Waals surface area contributed by atoms with Gasteiger partial charge in [0.2, 0.25) is 10.0 Å². The summed E-state index contributed by atoms with van der Waals surface area (Å²) in [5, 5.41) is 0. The maximum Gasteiger partial charge on any atom is 0.243 e. The second-order valence-corrected chi connectivity index (χ2v) is 6.88. The Morgan fingerprint density at radius 2 is 1.95 bits per heavy atom. The highest BCUT2D eigenvalue weighted by Gasteiger charge is 2.33. The molecule has 1 fully saturated rings. The van der Waals surface area contributed by atoms with Crippen molar-refractivity contribution in [2.24, 2.45) is 11.7 Å². The minimum Gasteiger partial charge on any atom is -0.497 e. The summed E-state index contributed by atoms with van der Waals surface area (Å²) in [5.74, 6) is 0.891. The van der Waals surface area contributed by atoms with Gasteiger partial charge in [0.15, 0.2) is 0 Å². The van der Waals surface area contributed by atoms with Crippen LogP contribution in [0.4, 0.5) is 0 Å². The predicted molar refractivity (Wildman–Crippen MR) is 80.8 cm³/mol. The van der Waals surface area contributed by atoms with E-state index in [-0.39, 0.29) is 24.4 Å². The summed E-state index contributed by atoms with van der Waals surface area (Å²) in [4.78, 5) is 0.304. The fraction of sp³-hybridized carbons (Fsp3) is 0.538. The highest BCUT2D eigenvalue weighted by molar-refractivity contribution is 7.89. The van der Waals surface area contributed by atoms with Gasteiger partial charge in [-0.1, -0.05) is 0 Å². The number of hydrogen-bond acceptors (Lipinski definition) is 4. The first-order chi connectivity index (χ1) is 8.95. The molecule has 0 bridgehead atoms. The van der Waals surface area contributed by atoms with Gasteiger partial charge in [-0.2, -0.15) is 4.31 Å². The SMILES string of the molecule is COc1ccc(S(=O)(=O)N2CCC(C(C)N)C2)cc1.Cl. The molecule has 2 rings (SSSR count). The van der Waals surface area contributed by atoms with E-state index in [9.17, 15) is 8.42 Å². The van der Waals surface area contributed by atoms with Crippen LogP contribution in [0.1, 0.15) is 13.3 Å². The van der Waals surface area contributed by atoms with E-state index in [0.29, 0.717) is 23.7 Å². The number of halogens is 1. The van der Waals surface area contributed by atoms with E-state index in [2.05, 4.69) is 0 Å². The summed E-state index contributed by atoms with van der Waals surface area (Å²) in [6.07, 6.45) is 0.826. The quantitative estimate of drug-likeness (QED) is 0.912. The second kappa shape index (κ2) is 6.76. The number of benzene rings is 1. The van der Waals surface area contributed by atoms with Gasteiger partial charge < -0.3 is 10.5 Å². The van der Waals surface area contributed by atoms with Crippen LogP contribution >= 0.6 is 12.4 Å². The van der Waals surface area contributed by atoms with Crippen molar-refractivity contribution < 1.29 is 13.2 Å². The Kier molecular flexibility index (Phi) is 5.82. The average molecular weight is 321 g/mol. The van der Waals surface area contributed by atoms with Gasteiger partial charge >= 0.3 is 0 Å². The molecule has 0 amide bonds. The van der Waals surface area contributed by atoms with E-state index < -0.39 is 10.0 Å². The minimum atomic E-state index is -3.41. The molecule has 7 heteroatoms. The Morgan fingerprint density at radius 1 is 1.35 bits per heavy atom. The van der Waals surface area contributed by atoms with E-state index in [1.807, 2.05) is 6.92 Å². The highest BCUT2D eigenvalue weighted by Crippen LogP contribution is 2.26. The third-order valence-electron chi connectivity index (χ3n) is 3.63. The molecule has 1 heterocycles. The van der Waals surface area contributed by atoms with Crippen molar-refractivity contribution in [2.45, 2.75) is 24.3 Å². The first-order valence-electron chi connectivity index (χ1n) is 6.35. The molecule has 0 radical (unpaired) electrons. The van der Waals surface area contributed by atoms with Gasteiger partial charge in [-0.05, 0) is 43.5 Å². The lowest BCUT2D eigenvalue weighted by molar-refractivity contribution is 0.414. The fourth-order valence-corrected chi connectivity index (χ4v) is 3.81. The van der Waals surface area contributed by atoms with Crippen molar-refractivity contribution in [2.75, 3.05) is 20.2 Å². The zero-order chi connectivity index (χ0) is 14.0. The Balaban J connectivity index is 0.00000200. The highest BCUT2D eigenvalue weighted by atomic mass is 35.5. The van der Waals surface area contributed by atoms with Crippen LogP contribution in [0.5, 0.6) is 5.75 Å². The number of nitrogens with zero attached hydrogens (tertiary/aromatic N) is 1. The van der Waals surface area contributed by atoms with Gasteiger partial charge in [0.25, 0.3) is 0 Å². The maximum atomic E-state index is 12.4. The predicted octanol–water partition coefficient (Wildman–Crippen LogP) is 1.47. The molecule has 1 saturated heterocycles. The molecule has 0 spiro atoms. The van der Waals surface area contributed by atoms with E-state index in [4.69, 9.17) is 10.5 Å². The molecule has 2 unspecified atom stereocenters. The van der Waals surface area contributed by atoms with E-state index >= 15 is 0 Å². The summed E-state index contributed by atoms with van der Waals surface area (Å²) >= 11 is 0. The molecule has 0 aromatic heterocycles. The van der Waals surface area contributed by atoms with Crippen molar-refractivity contribution in [3.63, 3.8) is 0 Å². The van der Waals surface area contributed by atoms with Gasteiger partial charge in [-0.3, -0.25) is 0 Å². The van der Waals surface area contributed by atoms with Crippen molar-refractivity contribution in [1.82, 2.24) is 4.31 Å². The number of nitrogens with two attached hydrogens (primary N) is 1. The molecule has 1 aromatic carbocycles. The minimum absolute atomic E-state index is 0. The molecule has 2 N–H and O–H groups in total. The van der Waals surface area contributed by atoms with Crippen LogP contribution in [-0.2, 0) is 10.0 Å². The molecule has 1 aliphatic heterocycles. The molecule has 2 atom stereocenters. The zero-order valence-corrected chi connectivity index (χ0v) is 13.3. The molecule has 0 saturated carbocycles. The Bertz CT molecular complexity index is 531. The topological polar surface area (TPSA) is 72.6 Å². The number of sulfonamides is 1. The van der Waals surface area contributed by atoms with E-state index in [1.54, 1.807) is 31.4 Å². The summed E-state index contributed by atoms with van der Waals surface area (Å²) in [6.45, 7) is 2.97. The average Bonchev–Trinajstić information content (AvgIpc) is 2.89. The molecule has 1 aromatic rings. The van der Waals surface area contributed by atoms with Crippen molar-refractivity contribution in [1.29, 1.82) is 0 Å². The molecule has 20 heavy (non-hydrogen) atoms. The Labute approximate surface area is 126 Å². The van der Waals surface area contributed by atoms with Crippen LogP contribution in [0.2, 0.25) is 0 Å². The lowest BCUT2D eigenvalue weighted by Crippen LogP contribution is -2.33. The molecule has 0 aliphatic carbocycles. The third-order valence-corrected chi connectivity index (χ3v) is 5.51. The smallest absolute Gasteiger partial charge is 0.243 e. The zero-order valence-electron chi connectivity index (χ0n) is 11.7. The molecular weight excluding hydrogens is 300 g/mol. The Hall–Kier alpha value is -0.820. The van der Waals surface area contributed by atoms with Gasteiger partial charge in [0, 0.05) is 19.1 Å². The van der Waals surface area contributed by atoms with Gasteiger partial charge in [-0.15, -0.1) is 12.4 Å². The van der Waals surface area contributed by atoms with Gasteiger partial charge in [-0.25, -0.2) is 8.42 Å². The van der Waals surface area contributed by atoms with Gasteiger partial charge in [0.05, 0.1) is 12.0 Å². The van der Waals surface area contributed by atoms with E-state index in [0.717, 1.165) is 6.42 Å². The summed E-state index contributed by atoms with van der Waals surface area (Å²) in [6, 6.07) is 6.50. The van der Waals surface area contributed by atoms with Crippen molar-refractivity contribution >= 4 is 22.4 Å². The first kappa shape index (κ1) is 17.2. The maximum absolute atomic E-state index is 12.4. The van der Waals surface area contributed by atoms with Crippen LogP contribution in [0.3, 0.4) is 0 Å². The lowest BCUT2D eigenvalue weighted by Gasteiger charge is -2.18. The third kappa shape index (κ3) is 3.44. The monoisotopic (exact) mass is 320 g/mol. The number of hydrogen-bond donors (Lipinski definition) is 1. The normalized spacial score (nSPS) is 21.2. The van der Waals surface area contributed by atoms with Gasteiger partial charge in [0.1, 0.15) is 5.75 Å². The van der Waals surface area contributed by atoms with Crippen LogP contribution in [-0.4, -0.2) is 39.0 Å². The summed E-state index contributed by atoms with van der Waals surface area (Å²) in [7, 11) is -1.86. The molecule has 114 valence electrons. The molecular formula is C13H21ClN2O3S. The van der Waals surface area contributed by atoms with Crippen LogP contribution in [0.15, 0.2) is 29.2 Å². The van der Waals surface area contributed by atoms with Crippen LogP contribution in [0.25, 0.3) is 0 Å². The van der Waals surface area contributed by atoms with E-state index in [1.165, 1.54) is 4.31 Å². The Morgan fingerprint density at radius 3 is 2.40 bits per heavy atom. The number of rotatable bonds is 4. The second-order valence-electron chi connectivity index (χ2n) is 4.95. The number of methoxy groups -OCH3 is 1. The van der Waals surface area contributed by atoms with Crippen molar-refractivity contribution in [3.05, 3.63) is 24.3 Å². The summed E-state index contributed by atoms with van der Waals surface area (Å²) in [5.41, 5.74) is 5.84. The summed E-state index contributed by atoms with van der Waals surface area (Å²) < 4.78 is 31.4.